The zero-order chi connectivity index (χ0) is 7.90. The van der Waals surface area contributed by atoms with E-state index in [0.29, 0.717) is 12.0 Å². The van der Waals surface area contributed by atoms with E-state index in [0.717, 1.165) is 13.0 Å². The molecule has 0 unspecified atom stereocenters. The molecule has 0 aromatic heterocycles. The van der Waals surface area contributed by atoms with Gasteiger partial charge in [0.15, 0.2) is 0 Å². The van der Waals surface area contributed by atoms with Gasteiger partial charge in [0.1, 0.15) is 0 Å². The van der Waals surface area contributed by atoms with E-state index in [1.54, 1.807) is 0 Å². The quantitative estimate of drug-likeness (QED) is 0.504. The SMILES string of the molecule is Cl.O[C@@H]1CNCC2(CC2)C[C@@H]1O. The summed E-state index contributed by atoms with van der Waals surface area (Å²) < 4.78 is 0. The fourth-order valence-corrected chi connectivity index (χ4v) is 1.83. The van der Waals surface area contributed by atoms with Crippen molar-refractivity contribution in [2.75, 3.05) is 13.1 Å². The molecular formula is C8H16ClNO2. The van der Waals surface area contributed by atoms with Gasteiger partial charge >= 0.3 is 0 Å². The lowest BCUT2D eigenvalue weighted by Gasteiger charge is -2.15. The Hall–Kier alpha value is 0.170. The van der Waals surface area contributed by atoms with E-state index in [2.05, 4.69) is 5.32 Å². The van der Waals surface area contributed by atoms with E-state index >= 15 is 0 Å². The van der Waals surface area contributed by atoms with Crippen molar-refractivity contribution in [2.24, 2.45) is 5.41 Å². The van der Waals surface area contributed by atoms with Crippen LogP contribution < -0.4 is 5.32 Å². The van der Waals surface area contributed by atoms with Crippen LogP contribution in [0.25, 0.3) is 0 Å². The van der Waals surface area contributed by atoms with Crippen molar-refractivity contribution in [3.05, 3.63) is 0 Å². The Morgan fingerprint density at radius 3 is 2.42 bits per heavy atom. The minimum absolute atomic E-state index is 0. The summed E-state index contributed by atoms with van der Waals surface area (Å²) in [4.78, 5) is 0. The zero-order valence-corrected chi connectivity index (χ0v) is 7.81. The van der Waals surface area contributed by atoms with Gasteiger partial charge in [-0.15, -0.1) is 12.4 Å². The number of halogens is 1. The molecular weight excluding hydrogens is 178 g/mol. The van der Waals surface area contributed by atoms with Crippen LogP contribution in [0.15, 0.2) is 0 Å². The molecule has 72 valence electrons. The standard InChI is InChI=1S/C8H15NO2.ClH/c10-6-3-8(1-2-8)5-9-4-7(6)11;/h6-7,9-11H,1-5H2;1H/t6-,7+;/m0./s1. The highest BCUT2D eigenvalue weighted by Crippen LogP contribution is 2.49. The second-order valence-electron chi connectivity index (χ2n) is 3.97. The van der Waals surface area contributed by atoms with Gasteiger partial charge in [0.25, 0.3) is 0 Å². The van der Waals surface area contributed by atoms with E-state index in [4.69, 9.17) is 0 Å². The van der Waals surface area contributed by atoms with E-state index < -0.39 is 12.2 Å². The van der Waals surface area contributed by atoms with E-state index in [-0.39, 0.29) is 12.4 Å². The van der Waals surface area contributed by atoms with Crippen molar-refractivity contribution < 1.29 is 10.2 Å². The molecule has 0 aromatic carbocycles. The van der Waals surface area contributed by atoms with Gasteiger partial charge in [-0.3, -0.25) is 0 Å². The topological polar surface area (TPSA) is 52.5 Å². The molecule has 1 aliphatic heterocycles. The van der Waals surface area contributed by atoms with Crippen molar-refractivity contribution >= 4 is 12.4 Å². The Balaban J connectivity index is 0.000000720. The molecule has 4 heteroatoms. The highest BCUT2D eigenvalue weighted by atomic mass is 35.5. The van der Waals surface area contributed by atoms with Gasteiger partial charge in [0.2, 0.25) is 0 Å². The maximum Gasteiger partial charge on any atom is 0.0923 e. The molecule has 1 aliphatic carbocycles. The van der Waals surface area contributed by atoms with Gasteiger partial charge in [-0.1, -0.05) is 0 Å². The first kappa shape index (κ1) is 10.3. The molecule has 1 heterocycles. The van der Waals surface area contributed by atoms with Crippen LogP contribution >= 0.6 is 12.4 Å². The Morgan fingerprint density at radius 1 is 1.17 bits per heavy atom. The summed E-state index contributed by atoms with van der Waals surface area (Å²) in [5.41, 5.74) is 0.344. The second kappa shape index (κ2) is 3.50. The predicted molar refractivity (Wildman–Crippen MR) is 48.4 cm³/mol. The van der Waals surface area contributed by atoms with Crippen LogP contribution in [0.2, 0.25) is 0 Å². The van der Waals surface area contributed by atoms with E-state index in [1.165, 1.54) is 12.8 Å². The van der Waals surface area contributed by atoms with Crippen molar-refractivity contribution in [3.63, 3.8) is 0 Å². The average Bonchev–Trinajstić information content (AvgIpc) is 2.69. The highest BCUT2D eigenvalue weighted by Gasteiger charge is 2.46. The van der Waals surface area contributed by atoms with Crippen LogP contribution in [0.4, 0.5) is 0 Å². The highest BCUT2D eigenvalue weighted by molar-refractivity contribution is 5.85. The van der Waals surface area contributed by atoms with Crippen LogP contribution in [0.5, 0.6) is 0 Å². The molecule has 2 rings (SSSR count). The Kier molecular flexibility index (Phi) is 2.99. The van der Waals surface area contributed by atoms with E-state index in [1.807, 2.05) is 0 Å². The molecule has 3 N–H and O–H groups in total. The van der Waals surface area contributed by atoms with Crippen LogP contribution in [-0.2, 0) is 0 Å². The van der Waals surface area contributed by atoms with Gasteiger partial charge in [0.05, 0.1) is 12.2 Å². The van der Waals surface area contributed by atoms with Crippen molar-refractivity contribution in [2.45, 2.75) is 31.5 Å². The van der Waals surface area contributed by atoms with Crippen molar-refractivity contribution in [1.82, 2.24) is 5.32 Å². The number of nitrogens with one attached hydrogen (secondary N) is 1. The molecule has 12 heavy (non-hydrogen) atoms. The molecule has 3 nitrogen and oxygen atoms in total. The summed E-state index contributed by atoms with van der Waals surface area (Å²) in [5.74, 6) is 0. The van der Waals surface area contributed by atoms with Crippen molar-refractivity contribution in [1.29, 1.82) is 0 Å². The molecule has 0 aromatic rings. The fraction of sp³-hybridized carbons (Fsp3) is 1.00. The molecule has 1 saturated carbocycles. The van der Waals surface area contributed by atoms with Crippen LogP contribution in [0.3, 0.4) is 0 Å². The largest absolute Gasteiger partial charge is 0.390 e. The third-order valence-electron chi connectivity index (χ3n) is 2.90. The lowest BCUT2D eigenvalue weighted by atomic mass is 9.98. The zero-order valence-electron chi connectivity index (χ0n) is 6.99. The monoisotopic (exact) mass is 193 g/mol. The summed E-state index contributed by atoms with van der Waals surface area (Å²) in [7, 11) is 0. The smallest absolute Gasteiger partial charge is 0.0923 e. The molecule has 0 radical (unpaired) electrons. The first-order valence-electron chi connectivity index (χ1n) is 4.29. The molecule has 2 aliphatic rings. The first-order valence-corrected chi connectivity index (χ1v) is 4.29. The van der Waals surface area contributed by atoms with E-state index in [9.17, 15) is 10.2 Å². The summed E-state index contributed by atoms with van der Waals surface area (Å²) in [6, 6.07) is 0. The third-order valence-corrected chi connectivity index (χ3v) is 2.90. The minimum Gasteiger partial charge on any atom is -0.390 e. The number of rotatable bonds is 0. The predicted octanol–water partition coefficient (Wildman–Crippen LogP) is -0.0965. The maximum absolute atomic E-state index is 9.44. The Bertz CT molecular complexity index is 161. The number of hydrogen-bond donors (Lipinski definition) is 3. The summed E-state index contributed by atoms with van der Waals surface area (Å²) in [6.45, 7) is 1.52. The third kappa shape index (κ3) is 1.91. The number of aliphatic hydroxyl groups is 2. The fourth-order valence-electron chi connectivity index (χ4n) is 1.83. The number of aliphatic hydroxyl groups excluding tert-OH is 2. The Labute approximate surface area is 78.6 Å². The first-order chi connectivity index (χ1) is 5.22. The molecule has 0 bridgehead atoms. The molecule has 1 saturated heterocycles. The number of hydrogen-bond acceptors (Lipinski definition) is 3. The molecule has 2 atom stereocenters. The van der Waals surface area contributed by atoms with Crippen LogP contribution in [0, 0.1) is 5.41 Å². The van der Waals surface area contributed by atoms with Gasteiger partial charge in [-0.2, -0.15) is 0 Å². The summed E-state index contributed by atoms with van der Waals surface area (Å²) in [5, 5.41) is 21.9. The van der Waals surface area contributed by atoms with Gasteiger partial charge < -0.3 is 15.5 Å². The lowest BCUT2D eigenvalue weighted by molar-refractivity contribution is 0.0156. The maximum atomic E-state index is 9.44. The van der Waals surface area contributed by atoms with Crippen molar-refractivity contribution in [3.8, 4) is 0 Å². The molecule has 0 amide bonds. The normalized spacial score (nSPS) is 38.5. The Morgan fingerprint density at radius 2 is 1.83 bits per heavy atom. The van der Waals surface area contributed by atoms with Crippen LogP contribution in [0.1, 0.15) is 19.3 Å². The van der Waals surface area contributed by atoms with Gasteiger partial charge in [-0.25, -0.2) is 0 Å². The minimum atomic E-state index is -0.560. The average molecular weight is 194 g/mol. The van der Waals surface area contributed by atoms with Gasteiger partial charge in [-0.05, 0) is 24.7 Å². The lowest BCUT2D eigenvalue weighted by Crippen LogP contribution is -2.32. The van der Waals surface area contributed by atoms with Gasteiger partial charge in [0, 0.05) is 13.1 Å². The molecule has 1 spiro atoms. The van der Waals surface area contributed by atoms with Crippen LogP contribution in [-0.4, -0.2) is 35.5 Å². The summed E-state index contributed by atoms with van der Waals surface area (Å²) >= 11 is 0. The number of β-amino-alcohol motifs (C(OH)–C–C–N with tert-alkyl or cyclic N) is 1. The summed E-state index contributed by atoms with van der Waals surface area (Å²) in [6.07, 6.45) is 2.14. The molecule has 2 fully saturated rings. The second-order valence-corrected chi connectivity index (χ2v) is 3.97.